The van der Waals surface area contributed by atoms with Crippen LogP contribution in [0.5, 0.6) is 11.5 Å². The lowest BCUT2D eigenvalue weighted by atomic mass is 10.1. The summed E-state index contributed by atoms with van der Waals surface area (Å²) in [4.78, 5) is 2.74. The van der Waals surface area contributed by atoms with Crippen LogP contribution in [-0.4, -0.2) is 43.2 Å². The Labute approximate surface area is 125 Å². The SMILES string of the molecule is COc1ccc(C(N)=S)c(OCCC2CCCN2C)c1. The van der Waals surface area contributed by atoms with E-state index in [-0.39, 0.29) is 0 Å². The summed E-state index contributed by atoms with van der Waals surface area (Å²) in [7, 11) is 3.80. The quantitative estimate of drug-likeness (QED) is 0.815. The van der Waals surface area contributed by atoms with Crippen LogP contribution in [0, 0.1) is 0 Å². The minimum atomic E-state index is 0.348. The van der Waals surface area contributed by atoms with Crippen molar-refractivity contribution in [2.24, 2.45) is 5.73 Å². The van der Waals surface area contributed by atoms with Crippen molar-refractivity contribution in [2.45, 2.75) is 25.3 Å². The van der Waals surface area contributed by atoms with E-state index in [0.717, 1.165) is 17.7 Å². The number of ether oxygens (including phenoxy) is 2. The van der Waals surface area contributed by atoms with E-state index in [2.05, 4.69) is 11.9 Å². The van der Waals surface area contributed by atoms with Gasteiger partial charge in [-0.05, 0) is 45.0 Å². The number of rotatable bonds is 6. The highest BCUT2D eigenvalue weighted by molar-refractivity contribution is 7.80. The summed E-state index contributed by atoms with van der Waals surface area (Å²) in [5.74, 6) is 1.45. The van der Waals surface area contributed by atoms with Gasteiger partial charge in [0.15, 0.2) is 0 Å². The highest BCUT2D eigenvalue weighted by atomic mass is 32.1. The fourth-order valence-corrected chi connectivity index (χ4v) is 2.77. The first-order valence-corrected chi connectivity index (χ1v) is 7.33. The Bertz CT molecular complexity index is 479. The van der Waals surface area contributed by atoms with Crippen LogP contribution < -0.4 is 15.2 Å². The van der Waals surface area contributed by atoms with Gasteiger partial charge < -0.3 is 20.1 Å². The van der Waals surface area contributed by atoms with E-state index in [0.29, 0.717) is 23.4 Å². The summed E-state index contributed by atoms with van der Waals surface area (Å²) in [6.07, 6.45) is 3.54. The summed E-state index contributed by atoms with van der Waals surface area (Å²) < 4.78 is 11.1. The van der Waals surface area contributed by atoms with Crippen LogP contribution in [0.1, 0.15) is 24.8 Å². The molecular formula is C15H22N2O2S. The molecule has 1 aliphatic heterocycles. The lowest BCUT2D eigenvalue weighted by Gasteiger charge is -2.20. The van der Waals surface area contributed by atoms with Crippen LogP contribution in [-0.2, 0) is 0 Å². The van der Waals surface area contributed by atoms with E-state index in [1.54, 1.807) is 7.11 Å². The molecule has 1 fully saturated rings. The van der Waals surface area contributed by atoms with Gasteiger partial charge in [-0.25, -0.2) is 0 Å². The monoisotopic (exact) mass is 294 g/mol. The molecule has 1 aromatic carbocycles. The first-order valence-electron chi connectivity index (χ1n) is 6.92. The zero-order chi connectivity index (χ0) is 14.5. The Balaban J connectivity index is 1.98. The van der Waals surface area contributed by atoms with Crippen molar-refractivity contribution in [3.05, 3.63) is 23.8 Å². The molecule has 1 saturated heterocycles. The van der Waals surface area contributed by atoms with Crippen molar-refractivity contribution in [1.29, 1.82) is 0 Å². The summed E-state index contributed by atoms with van der Waals surface area (Å²) in [5.41, 5.74) is 6.49. The summed E-state index contributed by atoms with van der Waals surface area (Å²) in [5, 5.41) is 0. The number of methoxy groups -OCH3 is 1. The van der Waals surface area contributed by atoms with Crippen molar-refractivity contribution < 1.29 is 9.47 Å². The standard InChI is InChI=1S/C15H22N2O2S/c1-17-8-3-4-11(17)7-9-19-14-10-12(18-2)5-6-13(14)15(16)20/h5-6,10-11H,3-4,7-9H2,1-2H3,(H2,16,20). The van der Waals surface area contributed by atoms with Gasteiger partial charge >= 0.3 is 0 Å². The Morgan fingerprint density at radius 3 is 2.90 bits per heavy atom. The molecule has 0 spiro atoms. The fraction of sp³-hybridized carbons (Fsp3) is 0.533. The summed E-state index contributed by atoms with van der Waals surface area (Å²) in [6, 6.07) is 6.14. The minimum absolute atomic E-state index is 0.348. The van der Waals surface area contributed by atoms with E-state index in [4.69, 9.17) is 27.4 Å². The molecule has 0 aromatic heterocycles. The van der Waals surface area contributed by atoms with Gasteiger partial charge in [0, 0.05) is 12.1 Å². The van der Waals surface area contributed by atoms with Crippen molar-refractivity contribution in [1.82, 2.24) is 4.90 Å². The van der Waals surface area contributed by atoms with Gasteiger partial charge in [0.05, 0.1) is 19.3 Å². The van der Waals surface area contributed by atoms with E-state index < -0.39 is 0 Å². The maximum Gasteiger partial charge on any atom is 0.133 e. The van der Waals surface area contributed by atoms with Gasteiger partial charge in [0.25, 0.3) is 0 Å². The molecule has 2 rings (SSSR count). The van der Waals surface area contributed by atoms with Crippen molar-refractivity contribution in [3.8, 4) is 11.5 Å². The lowest BCUT2D eigenvalue weighted by Crippen LogP contribution is -2.26. The molecule has 0 amide bonds. The van der Waals surface area contributed by atoms with Crippen molar-refractivity contribution >= 4 is 17.2 Å². The average Bonchev–Trinajstić information content (AvgIpc) is 2.84. The number of hydrogen-bond acceptors (Lipinski definition) is 4. The third-order valence-corrected chi connectivity index (χ3v) is 4.05. The lowest BCUT2D eigenvalue weighted by molar-refractivity contribution is 0.232. The first-order chi connectivity index (χ1) is 9.61. The number of nitrogens with zero attached hydrogens (tertiary/aromatic N) is 1. The molecule has 0 aliphatic carbocycles. The molecule has 1 unspecified atom stereocenters. The van der Waals surface area contributed by atoms with Crippen LogP contribution in [0.3, 0.4) is 0 Å². The zero-order valence-corrected chi connectivity index (χ0v) is 12.9. The highest BCUT2D eigenvalue weighted by Crippen LogP contribution is 2.26. The average molecular weight is 294 g/mol. The molecule has 4 nitrogen and oxygen atoms in total. The molecule has 0 bridgehead atoms. The maximum absolute atomic E-state index is 5.88. The van der Waals surface area contributed by atoms with E-state index in [1.807, 2.05) is 18.2 Å². The largest absolute Gasteiger partial charge is 0.497 e. The first kappa shape index (κ1) is 15.1. The number of thiocarbonyl (C=S) groups is 1. The van der Waals surface area contributed by atoms with Crippen LogP contribution >= 0.6 is 12.2 Å². The molecule has 0 radical (unpaired) electrons. The molecule has 1 aromatic rings. The molecular weight excluding hydrogens is 272 g/mol. The second kappa shape index (κ2) is 6.90. The van der Waals surface area contributed by atoms with Gasteiger partial charge in [0.2, 0.25) is 0 Å². The Morgan fingerprint density at radius 1 is 1.50 bits per heavy atom. The van der Waals surface area contributed by atoms with Crippen molar-refractivity contribution in [3.63, 3.8) is 0 Å². The Kier molecular flexibility index (Phi) is 5.20. The number of benzene rings is 1. The second-order valence-electron chi connectivity index (χ2n) is 5.14. The topological polar surface area (TPSA) is 47.7 Å². The molecule has 110 valence electrons. The molecule has 20 heavy (non-hydrogen) atoms. The number of likely N-dealkylation sites (tertiary alicyclic amines) is 1. The summed E-state index contributed by atoms with van der Waals surface area (Å²) in [6.45, 7) is 1.85. The van der Waals surface area contributed by atoms with E-state index in [9.17, 15) is 0 Å². The molecule has 1 atom stereocenters. The number of hydrogen-bond donors (Lipinski definition) is 1. The summed E-state index contributed by atoms with van der Waals surface area (Å²) >= 11 is 5.05. The van der Waals surface area contributed by atoms with Gasteiger partial charge in [-0.2, -0.15) is 0 Å². The predicted molar refractivity (Wildman–Crippen MR) is 84.6 cm³/mol. The van der Waals surface area contributed by atoms with Gasteiger partial charge in [-0.3, -0.25) is 0 Å². The van der Waals surface area contributed by atoms with Crippen LogP contribution in [0.15, 0.2) is 18.2 Å². The third kappa shape index (κ3) is 3.61. The van der Waals surface area contributed by atoms with Gasteiger partial charge in [-0.15, -0.1) is 0 Å². The van der Waals surface area contributed by atoms with E-state index >= 15 is 0 Å². The van der Waals surface area contributed by atoms with Crippen molar-refractivity contribution in [2.75, 3.05) is 27.3 Å². The minimum Gasteiger partial charge on any atom is -0.497 e. The zero-order valence-electron chi connectivity index (χ0n) is 12.1. The smallest absolute Gasteiger partial charge is 0.133 e. The normalized spacial score (nSPS) is 19.0. The second-order valence-corrected chi connectivity index (χ2v) is 5.58. The van der Waals surface area contributed by atoms with Crippen LogP contribution in [0.4, 0.5) is 0 Å². The van der Waals surface area contributed by atoms with Crippen LogP contribution in [0.25, 0.3) is 0 Å². The fourth-order valence-electron chi connectivity index (χ4n) is 2.60. The third-order valence-electron chi connectivity index (χ3n) is 3.83. The highest BCUT2D eigenvalue weighted by Gasteiger charge is 2.20. The Hall–Kier alpha value is -1.33. The van der Waals surface area contributed by atoms with Gasteiger partial charge in [-0.1, -0.05) is 12.2 Å². The van der Waals surface area contributed by atoms with E-state index in [1.165, 1.54) is 19.4 Å². The molecule has 5 heteroatoms. The van der Waals surface area contributed by atoms with Gasteiger partial charge in [0.1, 0.15) is 16.5 Å². The van der Waals surface area contributed by atoms with Crippen LogP contribution in [0.2, 0.25) is 0 Å². The Morgan fingerprint density at radius 2 is 2.30 bits per heavy atom. The molecule has 2 N–H and O–H groups in total. The molecule has 1 aliphatic rings. The molecule has 1 heterocycles. The molecule has 0 saturated carbocycles. The maximum atomic E-state index is 5.88. The number of nitrogens with two attached hydrogens (primary N) is 1. The predicted octanol–water partition coefficient (Wildman–Crippen LogP) is 2.19.